The van der Waals surface area contributed by atoms with Gasteiger partial charge in [0.1, 0.15) is 5.75 Å². The number of carbonyl (C=O) groups excluding carboxylic acids is 1. The summed E-state index contributed by atoms with van der Waals surface area (Å²) in [5, 5.41) is 10.1. The molecule has 1 N–H and O–H groups in total. The zero-order chi connectivity index (χ0) is 19.3. The highest BCUT2D eigenvalue weighted by atomic mass is 16.5. The molecule has 5 nitrogen and oxygen atoms in total. The second-order valence-corrected chi connectivity index (χ2v) is 8.15. The van der Waals surface area contributed by atoms with Crippen LogP contribution >= 0.6 is 0 Å². The van der Waals surface area contributed by atoms with Gasteiger partial charge in [-0.05, 0) is 42.2 Å². The number of nitrogens with zero attached hydrogens (tertiary/aromatic N) is 2. The molecule has 3 aliphatic rings. The van der Waals surface area contributed by atoms with Gasteiger partial charge in [0, 0.05) is 42.7 Å². The van der Waals surface area contributed by atoms with E-state index in [9.17, 15) is 9.90 Å². The van der Waals surface area contributed by atoms with Gasteiger partial charge < -0.3 is 14.7 Å². The van der Waals surface area contributed by atoms with E-state index in [1.54, 1.807) is 7.11 Å². The first-order chi connectivity index (χ1) is 13.7. The third kappa shape index (κ3) is 2.81. The van der Waals surface area contributed by atoms with E-state index in [0.717, 1.165) is 36.4 Å². The first-order valence-electron chi connectivity index (χ1n) is 10.1. The average Bonchev–Trinajstić information content (AvgIpc) is 3.57. The summed E-state index contributed by atoms with van der Waals surface area (Å²) >= 11 is 0. The highest BCUT2D eigenvalue weighted by Crippen LogP contribution is 2.49. The molecule has 0 bridgehead atoms. The largest absolute Gasteiger partial charge is 0.497 e. The molecular formula is C23H26N2O3. The fraction of sp³-hybridized carbons (Fsp3) is 0.435. The van der Waals surface area contributed by atoms with Crippen molar-refractivity contribution in [3.05, 3.63) is 59.7 Å². The summed E-state index contributed by atoms with van der Waals surface area (Å²) in [5.41, 5.74) is 3.41. The zero-order valence-corrected chi connectivity index (χ0v) is 16.1. The lowest BCUT2D eigenvalue weighted by Crippen LogP contribution is -2.68. The number of fused-ring (bicyclic) bond motifs is 3. The Hall–Kier alpha value is -2.37. The molecule has 1 saturated heterocycles. The number of methoxy groups -OCH3 is 1. The van der Waals surface area contributed by atoms with E-state index in [4.69, 9.17) is 4.74 Å². The van der Waals surface area contributed by atoms with Crippen molar-refractivity contribution in [3.63, 3.8) is 0 Å². The van der Waals surface area contributed by atoms with E-state index in [1.807, 2.05) is 35.2 Å². The Labute approximate surface area is 165 Å². The molecular weight excluding hydrogens is 352 g/mol. The molecule has 2 aromatic carbocycles. The number of benzene rings is 2. The minimum atomic E-state index is 0.0792. The summed E-state index contributed by atoms with van der Waals surface area (Å²) in [6.07, 6.45) is 2.02. The molecule has 2 heterocycles. The molecule has 1 saturated carbocycles. The highest BCUT2D eigenvalue weighted by molar-refractivity contribution is 5.98. The summed E-state index contributed by atoms with van der Waals surface area (Å²) in [5.74, 6) is 1.58. The number of amides is 1. The molecule has 2 fully saturated rings. The Morgan fingerprint density at radius 2 is 2.00 bits per heavy atom. The fourth-order valence-corrected chi connectivity index (χ4v) is 4.94. The van der Waals surface area contributed by atoms with Crippen molar-refractivity contribution in [2.24, 2.45) is 5.92 Å². The van der Waals surface area contributed by atoms with Gasteiger partial charge in [-0.3, -0.25) is 9.69 Å². The minimum absolute atomic E-state index is 0.0792. The molecule has 1 aliphatic carbocycles. The van der Waals surface area contributed by atoms with E-state index >= 15 is 0 Å². The maximum atomic E-state index is 12.9. The van der Waals surface area contributed by atoms with Gasteiger partial charge >= 0.3 is 0 Å². The quantitative estimate of drug-likeness (QED) is 0.869. The van der Waals surface area contributed by atoms with Crippen molar-refractivity contribution < 1.29 is 14.6 Å². The number of carbonyl (C=O) groups is 1. The Balaban J connectivity index is 1.45. The van der Waals surface area contributed by atoms with E-state index in [0.29, 0.717) is 6.54 Å². The van der Waals surface area contributed by atoms with Gasteiger partial charge in [0.15, 0.2) is 0 Å². The van der Waals surface area contributed by atoms with Crippen LogP contribution in [-0.2, 0) is 11.3 Å². The average molecular weight is 378 g/mol. The van der Waals surface area contributed by atoms with Crippen molar-refractivity contribution in [2.45, 2.75) is 37.4 Å². The molecule has 1 amide bonds. The van der Waals surface area contributed by atoms with Gasteiger partial charge in [-0.2, -0.15) is 0 Å². The lowest BCUT2D eigenvalue weighted by atomic mass is 9.71. The van der Waals surface area contributed by atoms with Crippen LogP contribution < -0.4 is 9.64 Å². The number of likely N-dealkylation sites (tertiary alicyclic amines) is 1. The Morgan fingerprint density at radius 1 is 1.18 bits per heavy atom. The summed E-state index contributed by atoms with van der Waals surface area (Å²) < 4.78 is 5.36. The van der Waals surface area contributed by atoms with Crippen molar-refractivity contribution in [1.29, 1.82) is 0 Å². The highest BCUT2D eigenvalue weighted by Gasteiger charge is 2.53. The normalized spacial score (nSPS) is 26.2. The van der Waals surface area contributed by atoms with Gasteiger partial charge in [0.25, 0.3) is 0 Å². The van der Waals surface area contributed by atoms with Crippen molar-refractivity contribution in [1.82, 2.24) is 4.90 Å². The number of hydrogen-bond acceptors (Lipinski definition) is 4. The van der Waals surface area contributed by atoms with E-state index < -0.39 is 0 Å². The first-order valence-corrected chi connectivity index (χ1v) is 10.1. The molecule has 28 heavy (non-hydrogen) atoms. The minimum Gasteiger partial charge on any atom is -0.497 e. The van der Waals surface area contributed by atoms with Crippen LogP contribution in [0.2, 0.25) is 0 Å². The lowest BCUT2D eigenvalue weighted by molar-refractivity contribution is -0.121. The Bertz CT molecular complexity index is 895. The molecule has 0 aromatic heterocycles. The number of anilines is 1. The Kier molecular flexibility index (Phi) is 4.37. The fourth-order valence-electron chi connectivity index (χ4n) is 4.94. The number of ether oxygens (including phenoxy) is 1. The van der Waals surface area contributed by atoms with Gasteiger partial charge in [-0.1, -0.05) is 30.3 Å². The van der Waals surface area contributed by atoms with Gasteiger partial charge in [-0.15, -0.1) is 0 Å². The SMILES string of the molecule is COc1cccc(CN2[C@H](CO)[C@@H]3c4ccccc4N(C(=O)C4CC4)C[C@@H]32)c1. The summed E-state index contributed by atoms with van der Waals surface area (Å²) in [6, 6.07) is 16.6. The zero-order valence-electron chi connectivity index (χ0n) is 16.1. The molecule has 2 aliphatic heterocycles. The van der Waals surface area contributed by atoms with Crippen LogP contribution in [0.15, 0.2) is 48.5 Å². The number of rotatable bonds is 5. The molecule has 5 heteroatoms. The summed E-state index contributed by atoms with van der Waals surface area (Å²) in [7, 11) is 1.68. The topological polar surface area (TPSA) is 53.0 Å². The summed E-state index contributed by atoms with van der Waals surface area (Å²) in [6.45, 7) is 1.57. The molecule has 2 aromatic rings. The molecule has 0 spiro atoms. The third-order valence-corrected chi connectivity index (χ3v) is 6.52. The van der Waals surface area contributed by atoms with E-state index in [-0.39, 0.29) is 36.4 Å². The Morgan fingerprint density at radius 3 is 2.75 bits per heavy atom. The van der Waals surface area contributed by atoms with Crippen molar-refractivity contribution in [2.75, 3.05) is 25.2 Å². The monoisotopic (exact) mass is 378 g/mol. The van der Waals surface area contributed by atoms with Crippen LogP contribution in [0.1, 0.15) is 29.9 Å². The van der Waals surface area contributed by atoms with Crippen LogP contribution in [0.3, 0.4) is 0 Å². The van der Waals surface area contributed by atoms with Gasteiger partial charge in [-0.25, -0.2) is 0 Å². The van der Waals surface area contributed by atoms with E-state index in [2.05, 4.69) is 23.1 Å². The molecule has 3 atom stereocenters. The van der Waals surface area contributed by atoms with Crippen molar-refractivity contribution >= 4 is 11.6 Å². The maximum absolute atomic E-state index is 12.9. The number of aliphatic hydroxyl groups excluding tert-OH is 1. The van der Waals surface area contributed by atoms with Gasteiger partial charge in [0.2, 0.25) is 5.91 Å². The smallest absolute Gasteiger partial charge is 0.230 e. The predicted molar refractivity (Wildman–Crippen MR) is 107 cm³/mol. The van der Waals surface area contributed by atoms with Crippen LogP contribution in [-0.4, -0.2) is 48.3 Å². The second-order valence-electron chi connectivity index (χ2n) is 8.15. The molecule has 146 valence electrons. The number of hydrogen-bond donors (Lipinski definition) is 1. The number of aliphatic hydroxyl groups is 1. The predicted octanol–water partition coefficient (Wildman–Crippen LogP) is 2.78. The molecule has 0 unspecified atom stereocenters. The van der Waals surface area contributed by atoms with Gasteiger partial charge in [0.05, 0.1) is 13.7 Å². The van der Waals surface area contributed by atoms with Crippen LogP contribution in [0, 0.1) is 5.92 Å². The van der Waals surface area contributed by atoms with Crippen LogP contribution in [0.5, 0.6) is 5.75 Å². The summed E-state index contributed by atoms with van der Waals surface area (Å²) in [4.78, 5) is 17.3. The van der Waals surface area contributed by atoms with Crippen LogP contribution in [0.25, 0.3) is 0 Å². The molecule has 5 rings (SSSR count). The first kappa shape index (κ1) is 17.7. The standard InChI is InChI=1S/C23H26N2O3/c1-28-17-6-4-5-15(11-17)12-24-20-13-25(23(27)16-9-10-16)19-8-3-2-7-18(19)22(20)21(24)14-26/h2-8,11,16,20-22,26H,9-10,12-14H2,1H3/t20-,21+,22+/m0/s1. The maximum Gasteiger partial charge on any atom is 0.230 e. The second kappa shape index (κ2) is 6.90. The van der Waals surface area contributed by atoms with E-state index in [1.165, 1.54) is 5.56 Å². The van der Waals surface area contributed by atoms with Crippen molar-refractivity contribution in [3.8, 4) is 5.75 Å². The third-order valence-electron chi connectivity index (χ3n) is 6.52. The molecule has 0 radical (unpaired) electrons. The number of para-hydroxylation sites is 1. The lowest BCUT2D eigenvalue weighted by Gasteiger charge is -2.59. The van der Waals surface area contributed by atoms with Crippen LogP contribution in [0.4, 0.5) is 5.69 Å².